The zero-order chi connectivity index (χ0) is 23.5. The number of halogens is 1. The van der Waals surface area contributed by atoms with E-state index in [1.54, 1.807) is 89.9 Å². The first kappa shape index (κ1) is 23.6. The third-order valence-corrected chi connectivity index (χ3v) is 16.9. The molecule has 0 amide bonds. The van der Waals surface area contributed by atoms with Gasteiger partial charge in [-0.25, -0.2) is 0 Å². The Kier molecular flexibility index (Phi) is 5.81. The summed E-state index contributed by atoms with van der Waals surface area (Å²) in [6.45, 7) is 5.13. The van der Waals surface area contributed by atoms with E-state index in [4.69, 9.17) is 0 Å². The summed E-state index contributed by atoms with van der Waals surface area (Å²) in [5, 5.41) is 0. The summed E-state index contributed by atoms with van der Waals surface area (Å²) in [5.74, 6) is 17.2. The number of rotatable bonds is 7. The Morgan fingerprint density at radius 3 is 0.857 bits per heavy atom. The van der Waals surface area contributed by atoms with E-state index < -0.39 is 0 Å². The molecule has 8 saturated carbocycles. The molecule has 0 aromatic heterocycles. The van der Waals surface area contributed by atoms with Crippen LogP contribution >= 0.6 is 22.6 Å². The lowest BCUT2D eigenvalue weighted by Crippen LogP contribution is -2.56. The van der Waals surface area contributed by atoms with Crippen LogP contribution < -0.4 is 0 Å². The van der Waals surface area contributed by atoms with E-state index in [0.717, 1.165) is 47.3 Å². The molecule has 8 aliphatic carbocycles. The molecule has 0 saturated heterocycles. The second-order valence-corrected chi connectivity index (χ2v) is 18.5. The fourth-order valence-corrected chi connectivity index (χ4v) is 13.4. The number of alkyl halides is 1. The molecule has 0 aliphatic heterocycles. The van der Waals surface area contributed by atoms with E-state index in [9.17, 15) is 0 Å². The molecule has 0 aromatic rings. The lowest BCUT2D eigenvalue weighted by molar-refractivity contribution is -0.140. The standard InChI is InChI=1S/C34H53I/c1-19-3-4-20(19)21-5-6-22(21)23-7-8-24(23)25-9-10-26(25)27-11-12-28(27)29-13-14-30(29)31-15-16-32(31)33-17-18-34(33,2)35/h19-33H,3-18H2,1-2H3/t19-,20?,21+,22?,23+,24?,25-,26?,27?,28?,29+,30?,31+,32?,33-,34?/m0/s1. The molecule has 196 valence electrons. The molecule has 8 rings (SSSR count). The van der Waals surface area contributed by atoms with Crippen molar-refractivity contribution in [3.63, 3.8) is 0 Å². The number of hydrogen-bond donors (Lipinski definition) is 0. The zero-order valence-corrected chi connectivity index (χ0v) is 25.0. The minimum Gasteiger partial charge on any atom is -0.0789 e. The van der Waals surface area contributed by atoms with Gasteiger partial charge in [0.15, 0.2) is 0 Å². The topological polar surface area (TPSA) is 0 Å². The van der Waals surface area contributed by atoms with Gasteiger partial charge < -0.3 is 0 Å². The van der Waals surface area contributed by atoms with Crippen LogP contribution in [0.4, 0.5) is 0 Å². The van der Waals surface area contributed by atoms with E-state index in [1.165, 1.54) is 54.3 Å². The van der Waals surface area contributed by atoms with E-state index in [1.807, 2.05) is 0 Å². The van der Waals surface area contributed by atoms with E-state index >= 15 is 0 Å². The van der Waals surface area contributed by atoms with Crippen LogP contribution in [0.15, 0.2) is 0 Å². The maximum Gasteiger partial charge on any atom is 0.0225 e. The maximum absolute atomic E-state index is 2.83. The van der Waals surface area contributed by atoms with E-state index in [0.29, 0.717) is 3.42 Å². The van der Waals surface area contributed by atoms with Gasteiger partial charge in [-0.1, -0.05) is 42.9 Å². The van der Waals surface area contributed by atoms with Gasteiger partial charge in [-0.3, -0.25) is 0 Å². The van der Waals surface area contributed by atoms with Gasteiger partial charge >= 0.3 is 0 Å². The summed E-state index contributed by atoms with van der Waals surface area (Å²) in [6.07, 6.45) is 25.5. The minimum atomic E-state index is 0.647. The smallest absolute Gasteiger partial charge is 0.0225 e. The predicted octanol–water partition coefficient (Wildman–Crippen LogP) is 9.79. The van der Waals surface area contributed by atoms with Crippen LogP contribution in [0.5, 0.6) is 0 Å². The summed E-state index contributed by atoms with van der Waals surface area (Å²) in [5.41, 5.74) is 0. The molecule has 0 bridgehead atoms. The molecule has 1 heteroatoms. The van der Waals surface area contributed by atoms with Crippen molar-refractivity contribution in [1.29, 1.82) is 0 Å². The molecular formula is C34H53I. The quantitative estimate of drug-likeness (QED) is 0.205. The zero-order valence-electron chi connectivity index (χ0n) is 22.9. The molecule has 8 aliphatic rings. The normalized spacial score (nSPS) is 63.0. The van der Waals surface area contributed by atoms with Gasteiger partial charge in [0.05, 0.1) is 0 Å². The predicted molar refractivity (Wildman–Crippen MR) is 154 cm³/mol. The summed E-state index contributed by atoms with van der Waals surface area (Å²) < 4.78 is 0.647. The van der Waals surface area contributed by atoms with Gasteiger partial charge in [-0.05, 0) is 185 Å². The van der Waals surface area contributed by atoms with Crippen LogP contribution in [0.1, 0.15) is 117 Å². The Hall–Kier alpha value is 0.730. The highest BCUT2D eigenvalue weighted by molar-refractivity contribution is 14.1. The summed E-state index contributed by atoms with van der Waals surface area (Å²) in [7, 11) is 0. The molecule has 9 unspecified atom stereocenters. The molecule has 0 heterocycles. The molecule has 35 heavy (non-hydrogen) atoms. The van der Waals surface area contributed by atoms with Crippen LogP contribution in [0.25, 0.3) is 0 Å². The molecule has 0 radical (unpaired) electrons. The molecule has 0 aromatic carbocycles. The second-order valence-electron chi connectivity index (χ2n) is 16.1. The van der Waals surface area contributed by atoms with Crippen molar-refractivity contribution in [3.05, 3.63) is 0 Å². The Morgan fingerprint density at radius 2 is 0.686 bits per heavy atom. The second kappa shape index (κ2) is 8.61. The number of hydrogen-bond acceptors (Lipinski definition) is 0. The lowest BCUT2D eigenvalue weighted by Gasteiger charge is -2.64. The highest BCUT2D eigenvalue weighted by atomic mass is 127. The van der Waals surface area contributed by atoms with Crippen molar-refractivity contribution >= 4 is 22.6 Å². The third-order valence-electron chi connectivity index (χ3n) is 15.5. The van der Waals surface area contributed by atoms with Crippen LogP contribution in [0.3, 0.4) is 0 Å². The van der Waals surface area contributed by atoms with E-state index in [-0.39, 0.29) is 0 Å². The minimum absolute atomic E-state index is 0.647. The van der Waals surface area contributed by atoms with Gasteiger partial charge in [0.1, 0.15) is 0 Å². The highest BCUT2D eigenvalue weighted by Crippen LogP contribution is 2.67. The summed E-state index contributed by atoms with van der Waals surface area (Å²) in [6, 6.07) is 0. The van der Waals surface area contributed by atoms with Crippen LogP contribution in [0.2, 0.25) is 0 Å². The van der Waals surface area contributed by atoms with Crippen LogP contribution in [-0.4, -0.2) is 3.42 Å². The van der Waals surface area contributed by atoms with E-state index in [2.05, 4.69) is 36.4 Å². The monoisotopic (exact) mass is 588 g/mol. The molecule has 16 atom stereocenters. The maximum atomic E-state index is 2.83. The largest absolute Gasteiger partial charge is 0.0789 e. The molecule has 8 fully saturated rings. The average Bonchev–Trinajstić information content (AvgIpc) is 2.75. The Balaban J connectivity index is 0.891. The van der Waals surface area contributed by atoms with Crippen LogP contribution in [-0.2, 0) is 0 Å². The average molecular weight is 589 g/mol. The molecule has 0 nitrogen and oxygen atoms in total. The summed E-state index contributed by atoms with van der Waals surface area (Å²) in [4.78, 5) is 0. The van der Waals surface area contributed by atoms with Crippen molar-refractivity contribution in [2.75, 3.05) is 0 Å². The van der Waals surface area contributed by atoms with Crippen molar-refractivity contribution in [2.45, 2.75) is 120 Å². The molecular weight excluding hydrogens is 535 g/mol. The van der Waals surface area contributed by atoms with Crippen LogP contribution in [0, 0.1) is 88.8 Å². The van der Waals surface area contributed by atoms with Crippen molar-refractivity contribution < 1.29 is 0 Å². The first-order valence-corrected chi connectivity index (χ1v) is 17.8. The molecule has 0 N–H and O–H groups in total. The Bertz CT molecular complexity index is 815. The van der Waals surface area contributed by atoms with Gasteiger partial charge in [-0.15, -0.1) is 0 Å². The van der Waals surface area contributed by atoms with Gasteiger partial charge in [-0.2, -0.15) is 0 Å². The third kappa shape index (κ3) is 3.46. The van der Waals surface area contributed by atoms with Crippen molar-refractivity contribution in [1.82, 2.24) is 0 Å². The van der Waals surface area contributed by atoms with Crippen molar-refractivity contribution in [3.8, 4) is 0 Å². The van der Waals surface area contributed by atoms with Gasteiger partial charge in [0, 0.05) is 3.42 Å². The molecule has 0 spiro atoms. The first-order valence-electron chi connectivity index (χ1n) is 16.7. The van der Waals surface area contributed by atoms with Gasteiger partial charge in [0.25, 0.3) is 0 Å². The fourth-order valence-electron chi connectivity index (χ4n) is 12.4. The van der Waals surface area contributed by atoms with Gasteiger partial charge in [0.2, 0.25) is 0 Å². The van der Waals surface area contributed by atoms with Crippen molar-refractivity contribution in [2.24, 2.45) is 88.8 Å². The highest BCUT2D eigenvalue weighted by Gasteiger charge is 2.59. The fraction of sp³-hybridized carbons (Fsp3) is 1.00. The Labute approximate surface area is 230 Å². The Morgan fingerprint density at radius 1 is 0.400 bits per heavy atom. The first-order chi connectivity index (χ1) is 17.0. The summed E-state index contributed by atoms with van der Waals surface area (Å²) >= 11 is 2.83. The lowest BCUT2D eigenvalue weighted by atomic mass is 9.42. The SMILES string of the molecule is C[C@H]1CCC1[C@H]1CCC1[C@H]1CCC1[C@@H]1CCC1C1CCC1[C@H]1CCC1[C@H]1CCC1[C@@H]1CCC1(C)I.